The smallest absolute Gasteiger partial charge is 0.229 e. The zero-order valence-corrected chi connectivity index (χ0v) is 16.5. The van der Waals surface area contributed by atoms with E-state index in [0.717, 1.165) is 53.9 Å². The minimum absolute atomic E-state index is 0.402. The average Bonchev–Trinajstić information content (AvgIpc) is 2.61. The van der Waals surface area contributed by atoms with Gasteiger partial charge in [0.2, 0.25) is 5.95 Å². The third-order valence-corrected chi connectivity index (χ3v) is 5.09. The van der Waals surface area contributed by atoms with Gasteiger partial charge in [0.25, 0.3) is 0 Å². The van der Waals surface area contributed by atoms with E-state index in [1.165, 1.54) is 0 Å². The highest BCUT2D eigenvalue weighted by Gasteiger charge is 2.16. The highest BCUT2D eigenvalue weighted by atomic mass is 35.5. The Morgan fingerprint density at radius 1 is 1.00 bits per heavy atom. The molecule has 0 unspecified atom stereocenters. The summed E-state index contributed by atoms with van der Waals surface area (Å²) in [6, 6.07) is 11.9. The largest absolute Gasteiger partial charge is 0.367 e. The van der Waals surface area contributed by atoms with Crippen LogP contribution in [0.25, 0.3) is 10.9 Å². The highest BCUT2D eigenvalue weighted by molar-refractivity contribution is 6.35. The van der Waals surface area contributed by atoms with Gasteiger partial charge in [-0.2, -0.15) is 4.98 Å². The molecule has 2 aromatic carbocycles. The first-order valence-corrected chi connectivity index (χ1v) is 9.81. The lowest BCUT2D eigenvalue weighted by Gasteiger charge is -2.25. The zero-order valence-electron chi connectivity index (χ0n) is 15.0. The molecule has 3 aromatic rings. The number of rotatable bonds is 4. The Kier molecular flexibility index (Phi) is 5.34. The van der Waals surface area contributed by atoms with Crippen LogP contribution in [0.15, 0.2) is 36.4 Å². The lowest BCUT2D eigenvalue weighted by Crippen LogP contribution is -2.35. The van der Waals surface area contributed by atoms with E-state index in [4.69, 9.17) is 28.2 Å². The van der Waals surface area contributed by atoms with Gasteiger partial charge in [-0.3, -0.25) is 0 Å². The van der Waals surface area contributed by atoms with Gasteiger partial charge in [-0.05, 0) is 68.8 Å². The van der Waals surface area contributed by atoms with Crippen LogP contribution in [0.2, 0.25) is 10.0 Å². The van der Waals surface area contributed by atoms with Gasteiger partial charge in [-0.15, -0.1) is 0 Å². The molecule has 1 aromatic heterocycles. The molecule has 0 bridgehead atoms. The van der Waals surface area contributed by atoms with Crippen LogP contribution in [0, 0.1) is 6.92 Å². The van der Waals surface area contributed by atoms with Crippen molar-refractivity contribution >= 4 is 51.6 Å². The Bertz CT molecular complexity index is 950. The topological polar surface area (TPSA) is 61.9 Å². The molecule has 5 nitrogen and oxygen atoms in total. The summed E-state index contributed by atoms with van der Waals surface area (Å²) >= 11 is 12.2. The molecule has 0 aliphatic carbocycles. The van der Waals surface area contributed by atoms with Crippen LogP contribution >= 0.6 is 23.2 Å². The maximum atomic E-state index is 6.11. The van der Waals surface area contributed by atoms with E-state index in [0.29, 0.717) is 22.0 Å². The first kappa shape index (κ1) is 18.3. The third kappa shape index (κ3) is 4.43. The summed E-state index contributed by atoms with van der Waals surface area (Å²) in [5.41, 5.74) is 2.81. The summed E-state index contributed by atoms with van der Waals surface area (Å²) in [7, 11) is 0. The first-order valence-electron chi connectivity index (χ1n) is 9.05. The quantitative estimate of drug-likeness (QED) is 0.563. The Labute approximate surface area is 168 Å². The maximum absolute atomic E-state index is 6.11. The van der Waals surface area contributed by atoms with Crippen molar-refractivity contribution in [2.45, 2.75) is 25.8 Å². The number of fused-ring (bicyclic) bond motifs is 1. The zero-order chi connectivity index (χ0) is 18.8. The van der Waals surface area contributed by atoms with Gasteiger partial charge in [-0.1, -0.05) is 29.3 Å². The minimum atomic E-state index is 0.402. The normalized spacial score (nSPS) is 15.1. The average molecular weight is 402 g/mol. The molecule has 0 spiro atoms. The molecule has 1 aliphatic rings. The number of aromatic nitrogens is 2. The van der Waals surface area contributed by atoms with Crippen molar-refractivity contribution in [3.8, 4) is 0 Å². The number of aryl methyl sites for hydroxylation is 1. The number of hydrogen-bond acceptors (Lipinski definition) is 5. The highest BCUT2D eigenvalue weighted by Crippen LogP contribution is 2.28. The van der Waals surface area contributed by atoms with Crippen LogP contribution < -0.4 is 16.0 Å². The van der Waals surface area contributed by atoms with Gasteiger partial charge >= 0.3 is 0 Å². The van der Waals surface area contributed by atoms with Crippen molar-refractivity contribution in [2.24, 2.45) is 0 Å². The van der Waals surface area contributed by atoms with Gasteiger partial charge < -0.3 is 16.0 Å². The molecule has 0 amide bonds. The number of piperidine rings is 1. The van der Waals surface area contributed by atoms with E-state index in [1.54, 1.807) is 18.2 Å². The number of hydrogen-bond donors (Lipinski definition) is 3. The Morgan fingerprint density at radius 3 is 2.48 bits per heavy atom. The SMILES string of the molecule is Cc1ccc2c(NC3CCNCC3)nc(Nc3cc(Cl)cc(Cl)c3)nc2c1. The van der Waals surface area contributed by atoms with Crippen molar-refractivity contribution in [2.75, 3.05) is 23.7 Å². The van der Waals surface area contributed by atoms with Gasteiger partial charge in [0.1, 0.15) is 5.82 Å². The number of benzene rings is 2. The summed E-state index contributed by atoms with van der Waals surface area (Å²) in [6.45, 7) is 4.10. The van der Waals surface area contributed by atoms with Gasteiger partial charge in [0.05, 0.1) is 5.52 Å². The molecule has 27 heavy (non-hydrogen) atoms. The fourth-order valence-electron chi connectivity index (χ4n) is 3.32. The molecule has 3 N–H and O–H groups in total. The van der Waals surface area contributed by atoms with Crippen molar-refractivity contribution in [1.29, 1.82) is 0 Å². The van der Waals surface area contributed by atoms with E-state index >= 15 is 0 Å². The monoisotopic (exact) mass is 401 g/mol. The molecule has 0 saturated carbocycles. The maximum Gasteiger partial charge on any atom is 0.229 e. The fourth-order valence-corrected chi connectivity index (χ4v) is 3.85. The summed E-state index contributed by atoms with van der Waals surface area (Å²) in [5, 5.41) is 12.4. The molecule has 7 heteroatoms. The van der Waals surface area contributed by atoms with Crippen LogP contribution in [0.3, 0.4) is 0 Å². The number of halogens is 2. The fraction of sp³-hybridized carbons (Fsp3) is 0.300. The molecule has 0 atom stereocenters. The summed E-state index contributed by atoms with van der Waals surface area (Å²) < 4.78 is 0. The van der Waals surface area contributed by atoms with Crippen molar-refractivity contribution in [1.82, 2.24) is 15.3 Å². The first-order chi connectivity index (χ1) is 13.1. The van der Waals surface area contributed by atoms with Crippen molar-refractivity contribution in [3.63, 3.8) is 0 Å². The summed E-state index contributed by atoms with van der Waals surface area (Å²) in [6.07, 6.45) is 2.15. The molecular formula is C20H21Cl2N5. The van der Waals surface area contributed by atoms with E-state index in [2.05, 4.69) is 46.1 Å². The Balaban J connectivity index is 1.71. The van der Waals surface area contributed by atoms with Gasteiger partial charge in [-0.25, -0.2) is 4.98 Å². The predicted molar refractivity (Wildman–Crippen MR) is 114 cm³/mol. The van der Waals surface area contributed by atoms with Gasteiger partial charge in [0.15, 0.2) is 0 Å². The third-order valence-electron chi connectivity index (χ3n) is 4.65. The lowest BCUT2D eigenvalue weighted by molar-refractivity contribution is 0.478. The van der Waals surface area contributed by atoms with E-state index in [1.807, 2.05) is 0 Å². The molecule has 0 radical (unpaired) electrons. The number of anilines is 3. The van der Waals surface area contributed by atoms with E-state index in [9.17, 15) is 0 Å². The molecular weight excluding hydrogens is 381 g/mol. The molecule has 1 aliphatic heterocycles. The van der Waals surface area contributed by atoms with Crippen LogP contribution in [0.4, 0.5) is 17.5 Å². The molecule has 1 saturated heterocycles. The van der Waals surface area contributed by atoms with Crippen LogP contribution in [0.5, 0.6) is 0 Å². The second-order valence-corrected chi connectivity index (χ2v) is 7.74. The van der Waals surface area contributed by atoms with E-state index < -0.39 is 0 Å². The van der Waals surface area contributed by atoms with Crippen molar-refractivity contribution in [3.05, 3.63) is 52.0 Å². The van der Waals surface area contributed by atoms with Crippen molar-refractivity contribution < 1.29 is 0 Å². The number of nitrogens with one attached hydrogen (secondary N) is 3. The van der Waals surface area contributed by atoms with Crippen LogP contribution in [-0.2, 0) is 0 Å². The molecule has 1 fully saturated rings. The lowest BCUT2D eigenvalue weighted by atomic mass is 10.1. The van der Waals surface area contributed by atoms with Crippen LogP contribution in [0.1, 0.15) is 18.4 Å². The molecule has 4 rings (SSSR count). The van der Waals surface area contributed by atoms with Crippen LogP contribution in [-0.4, -0.2) is 29.1 Å². The molecule has 2 heterocycles. The Hall–Kier alpha value is -2.08. The standard InChI is InChI=1S/C20H21Cl2N5/c1-12-2-3-17-18(8-12)26-20(25-16-10-13(21)9-14(22)11-16)27-19(17)24-15-4-6-23-7-5-15/h2-3,8-11,15,23H,4-7H2,1H3,(H2,24,25,26,27). The summed E-state index contributed by atoms with van der Waals surface area (Å²) in [4.78, 5) is 9.42. The Morgan fingerprint density at radius 2 is 1.74 bits per heavy atom. The molecule has 140 valence electrons. The van der Waals surface area contributed by atoms with E-state index in [-0.39, 0.29) is 0 Å². The summed E-state index contributed by atoms with van der Waals surface area (Å²) in [5.74, 6) is 1.37. The predicted octanol–water partition coefficient (Wildman–Crippen LogP) is 5.15. The van der Waals surface area contributed by atoms with Gasteiger partial charge in [0, 0.05) is 27.2 Å². The second kappa shape index (κ2) is 7.89. The second-order valence-electron chi connectivity index (χ2n) is 6.87. The minimum Gasteiger partial charge on any atom is -0.367 e. The number of nitrogens with zero attached hydrogens (tertiary/aromatic N) is 2.